The number of fused-ring (bicyclic) bond motifs is 5. The topological polar surface area (TPSA) is 49.7 Å². The molecule has 9 atom stereocenters. The van der Waals surface area contributed by atoms with Crippen molar-refractivity contribution in [2.75, 3.05) is 0 Å². The van der Waals surface area contributed by atoms with Crippen LogP contribution in [0.25, 0.3) is 0 Å². The minimum atomic E-state index is -0.319. The van der Waals surface area contributed by atoms with Gasteiger partial charge in [-0.1, -0.05) is 65.5 Å². The van der Waals surface area contributed by atoms with Gasteiger partial charge in [0, 0.05) is 0 Å². The van der Waals surface area contributed by atoms with Crippen molar-refractivity contribution in [2.45, 2.75) is 111 Å². The number of rotatable bonds is 6. The highest BCUT2D eigenvalue weighted by Crippen LogP contribution is 2.68. The Morgan fingerprint density at radius 3 is 2.50 bits per heavy atom. The standard InChI is InChI=1S/C27H46O3/c1-17(2)7-6-8-18(3)21-9-10-22-25-23(12-14-27(21,22)5)26(4)13-11-20(28)15-19(26)16-24(25)30-29/h15,17-18,20-25,28-29H,6-14,16H2,1-5H3/t18-,20+,21-,22+,23+,24+,25+,26+,27-/m1/s1. The second-order valence-corrected chi connectivity index (χ2v) is 12.4. The fourth-order valence-electron chi connectivity index (χ4n) is 8.78. The lowest BCUT2D eigenvalue weighted by Crippen LogP contribution is -2.56. The zero-order valence-electron chi connectivity index (χ0n) is 20.1. The zero-order valence-corrected chi connectivity index (χ0v) is 20.1. The number of aliphatic hydroxyl groups excluding tert-OH is 1. The molecule has 30 heavy (non-hydrogen) atoms. The molecule has 0 unspecified atom stereocenters. The van der Waals surface area contributed by atoms with E-state index in [1.54, 1.807) is 0 Å². The summed E-state index contributed by atoms with van der Waals surface area (Å²) in [4.78, 5) is 5.21. The van der Waals surface area contributed by atoms with Gasteiger partial charge in [0.2, 0.25) is 0 Å². The van der Waals surface area contributed by atoms with Gasteiger partial charge < -0.3 is 5.11 Å². The predicted molar refractivity (Wildman–Crippen MR) is 122 cm³/mol. The van der Waals surface area contributed by atoms with E-state index in [0.29, 0.717) is 23.2 Å². The molecular formula is C27H46O3. The molecule has 4 aliphatic rings. The first-order chi connectivity index (χ1) is 14.2. The van der Waals surface area contributed by atoms with Crippen molar-refractivity contribution < 1.29 is 15.3 Å². The summed E-state index contributed by atoms with van der Waals surface area (Å²) in [6, 6.07) is 0. The zero-order chi connectivity index (χ0) is 21.7. The molecule has 0 spiro atoms. The number of hydrogen-bond acceptors (Lipinski definition) is 3. The van der Waals surface area contributed by atoms with Crippen molar-refractivity contribution in [2.24, 2.45) is 46.3 Å². The van der Waals surface area contributed by atoms with E-state index in [9.17, 15) is 10.4 Å². The van der Waals surface area contributed by atoms with Crippen LogP contribution in [0.3, 0.4) is 0 Å². The van der Waals surface area contributed by atoms with Gasteiger partial charge in [0.25, 0.3) is 0 Å². The van der Waals surface area contributed by atoms with Crippen LogP contribution in [0.15, 0.2) is 11.6 Å². The minimum Gasteiger partial charge on any atom is -0.389 e. The van der Waals surface area contributed by atoms with E-state index in [2.05, 4.69) is 40.7 Å². The van der Waals surface area contributed by atoms with Crippen LogP contribution in [0.1, 0.15) is 98.8 Å². The Kier molecular flexibility index (Phi) is 6.48. The first kappa shape index (κ1) is 22.8. The smallest absolute Gasteiger partial charge is 0.0998 e. The molecule has 0 heterocycles. The Hall–Kier alpha value is -0.380. The van der Waals surface area contributed by atoms with Crippen molar-refractivity contribution in [3.05, 3.63) is 11.6 Å². The maximum Gasteiger partial charge on any atom is 0.0998 e. The van der Waals surface area contributed by atoms with Crippen molar-refractivity contribution in [3.8, 4) is 0 Å². The lowest BCUT2D eigenvalue weighted by molar-refractivity contribution is -0.312. The predicted octanol–water partition coefficient (Wildman–Crippen LogP) is 6.86. The molecular weight excluding hydrogens is 372 g/mol. The summed E-state index contributed by atoms with van der Waals surface area (Å²) in [5.41, 5.74) is 1.92. The summed E-state index contributed by atoms with van der Waals surface area (Å²) in [5, 5.41) is 20.2. The van der Waals surface area contributed by atoms with Gasteiger partial charge in [0.1, 0.15) is 0 Å². The second kappa shape index (κ2) is 8.52. The molecule has 0 radical (unpaired) electrons. The average molecular weight is 419 g/mol. The molecule has 0 aliphatic heterocycles. The van der Waals surface area contributed by atoms with Crippen molar-refractivity contribution in [3.63, 3.8) is 0 Å². The number of aliphatic hydroxyl groups is 1. The second-order valence-electron chi connectivity index (χ2n) is 12.4. The molecule has 0 aromatic heterocycles. The van der Waals surface area contributed by atoms with Crippen LogP contribution in [0, 0.1) is 46.3 Å². The van der Waals surface area contributed by atoms with Crippen LogP contribution in [0.2, 0.25) is 0 Å². The molecule has 2 N–H and O–H groups in total. The lowest BCUT2D eigenvalue weighted by atomic mass is 9.45. The first-order valence-electron chi connectivity index (χ1n) is 12.9. The minimum absolute atomic E-state index is 0.0979. The largest absolute Gasteiger partial charge is 0.389 e. The van der Waals surface area contributed by atoms with E-state index in [4.69, 9.17) is 4.89 Å². The van der Waals surface area contributed by atoms with E-state index in [1.165, 1.54) is 50.5 Å². The molecule has 0 bridgehead atoms. The fourth-order valence-corrected chi connectivity index (χ4v) is 8.78. The molecule has 4 aliphatic carbocycles. The third-order valence-electron chi connectivity index (χ3n) is 10.4. The SMILES string of the molecule is CC(C)CCC[C@@H](C)[C@H]1CC[C@H]2[C@@H]3[C@@H](OO)CC4=C[C@@H](O)CC[C@]4(C)[C@H]3CC[C@]12C. The van der Waals surface area contributed by atoms with Crippen LogP contribution in [-0.2, 0) is 4.89 Å². The van der Waals surface area contributed by atoms with Gasteiger partial charge in [0.05, 0.1) is 12.2 Å². The molecule has 3 fully saturated rings. The van der Waals surface area contributed by atoms with Crippen molar-refractivity contribution in [1.29, 1.82) is 0 Å². The maximum atomic E-state index is 10.2. The Balaban J connectivity index is 1.56. The number of hydrogen-bond donors (Lipinski definition) is 2. The van der Waals surface area contributed by atoms with Crippen molar-refractivity contribution in [1.82, 2.24) is 0 Å². The van der Waals surface area contributed by atoms with E-state index in [-0.39, 0.29) is 17.6 Å². The van der Waals surface area contributed by atoms with Gasteiger partial charge in [-0.2, -0.15) is 0 Å². The summed E-state index contributed by atoms with van der Waals surface area (Å²) in [6.45, 7) is 12.2. The monoisotopic (exact) mass is 418 g/mol. The highest BCUT2D eigenvalue weighted by Gasteiger charge is 2.62. The van der Waals surface area contributed by atoms with Gasteiger partial charge in [-0.3, -0.25) is 5.26 Å². The van der Waals surface area contributed by atoms with Gasteiger partial charge in [-0.15, -0.1) is 0 Å². The molecule has 4 rings (SSSR count). The first-order valence-corrected chi connectivity index (χ1v) is 12.9. The van der Waals surface area contributed by atoms with E-state index in [0.717, 1.165) is 37.0 Å². The molecule has 3 saturated carbocycles. The molecule has 172 valence electrons. The summed E-state index contributed by atoms with van der Waals surface area (Å²) < 4.78 is 0. The van der Waals surface area contributed by atoms with Crippen molar-refractivity contribution >= 4 is 0 Å². The van der Waals surface area contributed by atoms with E-state index in [1.807, 2.05) is 0 Å². The third-order valence-corrected chi connectivity index (χ3v) is 10.4. The van der Waals surface area contributed by atoms with E-state index >= 15 is 0 Å². The molecule has 0 aromatic carbocycles. The summed E-state index contributed by atoms with van der Waals surface area (Å²) in [6.07, 6.45) is 13.7. The average Bonchev–Trinajstić information content (AvgIpc) is 3.05. The molecule has 0 amide bonds. The van der Waals surface area contributed by atoms with Crippen LogP contribution in [0.5, 0.6) is 0 Å². The highest BCUT2D eigenvalue weighted by molar-refractivity contribution is 5.27. The quantitative estimate of drug-likeness (QED) is 0.281. The normalized spacial score (nSPS) is 46.7. The van der Waals surface area contributed by atoms with Crippen LogP contribution >= 0.6 is 0 Å². The Bertz CT molecular complexity index is 642. The molecule has 3 nitrogen and oxygen atoms in total. The highest BCUT2D eigenvalue weighted by atomic mass is 17.1. The van der Waals surface area contributed by atoms with Crippen LogP contribution in [0.4, 0.5) is 0 Å². The van der Waals surface area contributed by atoms with Crippen LogP contribution < -0.4 is 0 Å². The molecule has 0 aromatic rings. The van der Waals surface area contributed by atoms with Crippen LogP contribution in [-0.4, -0.2) is 22.6 Å². The molecule has 3 heteroatoms. The van der Waals surface area contributed by atoms with E-state index < -0.39 is 0 Å². The third kappa shape index (κ3) is 3.71. The summed E-state index contributed by atoms with van der Waals surface area (Å²) >= 11 is 0. The summed E-state index contributed by atoms with van der Waals surface area (Å²) in [7, 11) is 0. The fraction of sp³-hybridized carbons (Fsp3) is 0.926. The maximum absolute atomic E-state index is 10.2. The molecule has 0 saturated heterocycles. The Labute approximate surface area is 184 Å². The Morgan fingerprint density at radius 2 is 1.80 bits per heavy atom. The Morgan fingerprint density at radius 1 is 1.03 bits per heavy atom. The summed E-state index contributed by atoms with van der Waals surface area (Å²) in [5.74, 6) is 4.11. The van der Waals surface area contributed by atoms with Gasteiger partial charge in [-0.05, 0) is 91.3 Å². The van der Waals surface area contributed by atoms with Gasteiger partial charge in [0.15, 0.2) is 0 Å². The lowest BCUT2D eigenvalue weighted by Gasteiger charge is -2.60. The van der Waals surface area contributed by atoms with Gasteiger partial charge >= 0.3 is 0 Å². The van der Waals surface area contributed by atoms with Gasteiger partial charge in [-0.25, -0.2) is 4.89 Å².